The Labute approximate surface area is 307 Å². The molecule has 0 radical (unpaired) electrons. The van der Waals surface area contributed by atoms with Crippen molar-refractivity contribution in [3.63, 3.8) is 0 Å². The summed E-state index contributed by atoms with van der Waals surface area (Å²) in [7, 11) is 0. The van der Waals surface area contributed by atoms with Crippen LogP contribution in [0, 0.1) is 6.92 Å². The van der Waals surface area contributed by atoms with E-state index in [0.717, 1.165) is 10.5 Å². The van der Waals surface area contributed by atoms with Crippen LogP contribution in [0.2, 0.25) is 0 Å². The van der Waals surface area contributed by atoms with E-state index >= 15 is 0 Å². The zero-order chi connectivity index (χ0) is 36.9. The first-order chi connectivity index (χ1) is 26.3. The molecule has 0 spiro atoms. The largest absolute Gasteiger partial charge is 0.457 e. The number of amides is 4. The van der Waals surface area contributed by atoms with Crippen molar-refractivity contribution in [3.8, 4) is 45.9 Å². The predicted octanol–water partition coefficient (Wildman–Crippen LogP) is 8.90. The quantitative estimate of drug-likeness (QED) is 0.142. The molecule has 54 heavy (non-hydrogen) atoms. The molecule has 0 saturated carbocycles. The van der Waals surface area contributed by atoms with Crippen LogP contribution in [-0.4, -0.2) is 33.8 Å². The molecular formula is C43H26N4O7. The monoisotopic (exact) mass is 710 g/mol. The number of fused-ring (bicyclic) bond motifs is 2. The molecule has 3 heterocycles. The molecule has 1 aromatic heterocycles. The molecule has 260 valence electrons. The highest BCUT2D eigenvalue weighted by molar-refractivity contribution is 6.35. The molecule has 7 aromatic rings. The molecule has 11 nitrogen and oxygen atoms in total. The van der Waals surface area contributed by atoms with Crippen LogP contribution in [0.4, 0.5) is 11.4 Å². The molecule has 0 aliphatic carbocycles. The van der Waals surface area contributed by atoms with Crippen LogP contribution in [0.25, 0.3) is 22.9 Å². The minimum atomic E-state index is -0.353. The molecular weight excluding hydrogens is 684 g/mol. The SMILES string of the molecule is Cc1ccc2c(c1)C(=O)N(c1ccc(Oc3ccc(-c4nnc(-c5ccc(Oc6ccc(N7C(=O)c8ccccc8C7=O)cc6)cc5)o4)cc3)cc1)C2=O. The third-order valence-electron chi connectivity index (χ3n) is 9.12. The van der Waals surface area contributed by atoms with Gasteiger partial charge in [0, 0.05) is 11.1 Å². The van der Waals surface area contributed by atoms with E-state index in [0.29, 0.717) is 79.5 Å². The number of benzene rings is 6. The van der Waals surface area contributed by atoms with Crippen LogP contribution < -0.4 is 19.3 Å². The Kier molecular flexibility index (Phi) is 7.67. The molecule has 6 aromatic carbocycles. The van der Waals surface area contributed by atoms with Gasteiger partial charge in [0.05, 0.1) is 33.6 Å². The van der Waals surface area contributed by atoms with Crippen molar-refractivity contribution in [2.24, 2.45) is 0 Å². The van der Waals surface area contributed by atoms with Gasteiger partial charge in [-0.25, -0.2) is 9.80 Å². The molecule has 0 atom stereocenters. The molecule has 4 amide bonds. The van der Waals surface area contributed by atoms with Crippen LogP contribution in [0.3, 0.4) is 0 Å². The number of nitrogens with zero attached hydrogens (tertiary/aromatic N) is 4. The minimum Gasteiger partial charge on any atom is -0.457 e. The van der Waals surface area contributed by atoms with Crippen LogP contribution in [0.5, 0.6) is 23.0 Å². The zero-order valence-electron chi connectivity index (χ0n) is 28.4. The van der Waals surface area contributed by atoms with E-state index in [1.54, 1.807) is 133 Å². The van der Waals surface area contributed by atoms with Gasteiger partial charge in [0.15, 0.2) is 0 Å². The molecule has 0 fully saturated rings. The second kappa shape index (κ2) is 12.8. The fourth-order valence-electron chi connectivity index (χ4n) is 6.40. The summed E-state index contributed by atoms with van der Waals surface area (Å²) in [6, 6.07) is 39.8. The van der Waals surface area contributed by atoms with Crippen molar-refractivity contribution in [3.05, 3.63) is 167 Å². The van der Waals surface area contributed by atoms with Gasteiger partial charge in [0.1, 0.15) is 23.0 Å². The van der Waals surface area contributed by atoms with E-state index < -0.39 is 0 Å². The maximum atomic E-state index is 13.0. The van der Waals surface area contributed by atoms with E-state index in [2.05, 4.69) is 10.2 Å². The molecule has 0 unspecified atom stereocenters. The average Bonchev–Trinajstić information content (AvgIpc) is 3.86. The van der Waals surface area contributed by atoms with Crippen molar-refractivity contribution in [2.75, 3.05) is 9.80 Å². The maximum Gasteiger partial charge on any atom is 0.266 e. The second-order valence-electron chi connectivity index (χ2n) is 12.6. The van der Waals surface area contributed by atoms with Gasteiger partial charge in [-0.3, -0.25) is 19.2 Å². The number of rotatable bonds is 8. The third-order valence-corrected chi connectivity index (χ3v) is 9.12. The van der Waals surface area contributed by atoms with Gasteiger partial charge in [-0.1, -0.05) is 23.8 Å². The Morgan fingerprint density at radius 2 is 0.815 bits per heavy atom. The summed E-state index contributed by atoms with van der Waals surface area (Å²) in [5.41, 5.74) is 4.81. The fourth-order valence-corrected chi connectivity index (χ4v) is 6.40. The lowest BCUT2D eigenvalue weighted by molar-refractivity contribution is 0.0910. The number of ether oxygens (including phenoxy) is 2. The molecule has 2 aliphatic rings. The third kappa shape index (κ3) is 5.66. The number of aromatic nitrogens is 2. The number of imide groups is 2. The van der Waals surface area contributed by atoms with E-state index in [4.69, 9.17) is 13.9 Å². The van der Waals surface area contributed by atoms with Crippen molar-refractivity contribution in [2.45, 2.75) is 6.92 Å². The van der Waals surface area contributed by atoms with Gasteiger partial charge in [0.25, 0.3) is 23.6 Å². The first kappa shape index (κ1) is 32.3. The molecule has 9 rings (SSSR count). The summed E-state index contributed by atoms with van der Waals surface area (Å²) in [4.78, 5) is 53.8. The Hall–Kier alpha value is -7.66. The van der Waals surface area contributed by atoms with E-state index in [1.165, 1.54) is 4.90 Å². The topological polar surface area (TPSA) is 132 Å². The number of hydrogen-bond donors (Lipinski definition) is 0. The van der Waals surface area contributed by atoms with Gasteiger partial charge in [-0.05, 0) is 128 Å². The Morgan fingerprint density at radius 1 is 0.444 bits per heavy atom. The number of anilines is 2. The van der Waals surface area contributed by atoms with Crippen LogP contribution in [0.15, 0.2) is 144 Å². The summed E-state index contributed by atoms with van der Waals surface area (Å²) in [6.45, 7) is 1.88. The Balaban J connectivity index is 0.817. The van der Waals surface area contributed by atoms with Crippen LogP contribution in [0.1, 0.15) is 47.0 Å². The molecule has 0 N–H and O–H groups in total. The normalized spacial score (nSPS) is 13.4. The lowest BCUT2D eigenvalue weighted by atomic mass is 10.1. The number of aryl methyl sites for hydroxylation is 1. The van der Waals surface area contributed by atoms with Crippen molar-refractivity contribution in [1.82, 2.24) is 10.2 Å². The summed E-state index contributed by atoms with van der Waals surface area (Å²) < 4.78 is 17.9. The predicted molar refractivity (Wildman–Crippen MR) is 198 cm³/mol. The summed E-state index contributed by atoms with van der Waals surface area (Å²) in [5, 5.41) is 8.42. The second-order valence-corrected chi connectivity index (χ2v) is 12.6. The number of carbonyl (C=O) groups excluding carboxylic acids is 4. The molecule has 0 saturated heterocycles. The highest BCUT2D eigenvalue weighted by Crippen LogP contribution is 2.34. The Morgan fingerprint density at radius 3 is 1.24 bits per heavy atom. The lowest BCUT2D eigenvalue weighted by Gasteiger charge is -2.14. The summed E-state index contributed by atoms with van der Waals surface area (Å²) >= 11 is 0. The van der Waals surface area contributed by atoms with Crippen molar-refractivity contribution >= 4 is 35.0 Å². The van der Waals surface area contributed by atoms with E-state index in [1.807, 2.05) is 13.0 Å². The molecule has 0 bridgehead atoms. The first-order valence-corrected chi connectivity index (χ1v) is 16.9. The first-order valence-electron chi connectivity index (χ1n) is 16.9. The molecule has 2 aliphatic heterocycles. The highest BCUT2D eigenvalue weighted by Gasteiger charge is 2.37. The van der Waals surface area contributed by atoms with Gasteiger partial charge in [-0.2, -0.15) is 0 Å². The van der Waals surface area contributed by atoms with E-state index in [-0.39, 0.29) is 23.6 Å². The highest BCUT2D eigenvalue weighted by atomic mass is 16.5. The average molecular weight is 711 g/mol. The zero-order valence-corrected chi connectivity index (χ0v) is 28.4. The summed E-state index contributed by atoms with van der Waals surface area (Å²) in [6.07, 6.45) is 0. The summed E-state index contributed by atoms with van der Waals surface area (Å²) in [5.74, 6) is 1.46. The van der Waals surface area contributed by atoms with Gasteiger partial charge < -0.3 is 13.9 Å². The fraction of sp³-hybridized carbons (Fsp3) is 0.0233. The van der Waals surface area contributed by atoms with Crippen molar-refractivity contribution in [1.29, 1.82) is 0 Å². The van der Waals surface area contributed by atoms with Crippen molar-refractivity contribution < 1.29 is 33.1 Å². The van der Waals surface area contributed by atoms with Crippen LogP contribution in [-0.2, 0) is 0 Å². The minimum absolute atomic E-state index is 0.329. The van der Waals surface area contributed by atoms with Gasteiger partial charge in [-0.15, -0.1) is 10.2 Å². The maximum absolute atomic E-state index is 13.0. The number of carbonyl (C=O) groups is 4. The molecule has 11 heteroatoms. The number of hydrogen-bond acceptors (Lipinski definition) is 9. The standard InChI is InChI=1S/C43H26N4O7/c1-25-6-23-36-37(24-25)43(51)47(42(36)50)29-13-21-33(22-14-29)53-31-17-9-27(10-18-31)39-45-44-38(54-39)26-7-15-30(16-8-26)52-32-19-11-28(12-20-32)46-40(48)34-4-2-3-5-35(34)41(46)49/h2-24H,1H3. The Bertz CT molecular complexity index is 2600. The smallest absolute Gasteiger partial charge is 0.266 e. The van der Waals surface area contributed by atoms with Gasteiger partial charge >= 0.3 is 0 Å². The van der Waals surface area contributed by atoms with Gasteiger partial charge in [0.2, 0.25) is 11.8 Å². The lowest BCUT2D eigenvalue weighted by Crippen LogP contribution is -2.29. The van der Waals surface area contributed by atoms with E-state index in [9.17, 15) is 19.2 Å². The van der Waals surface area contributed by atoms with Crippen LogP contribution >= 0.6 is 0 Å².